The second-order valence-electron chi connectivity index (χ2n) is 12.1. The van der Waals surface area contributed by atoms with Crippen molar-refractivity contribution in [2.75, 3.05) is 37.7 Å². The van der Waals surface area contributed by atoms with Crippen LogP contribution in [-0.4, -0.2) is 75.4 Å². The Morgan fingerprint density at radius 2 is 1.82 bits per heavy atom. The van der Waals surface area contributed by atoms with Crippen LogP contribution in [0.1, 0.15) is 44.1 Å². The lowest BCUT2D eigenvalue weighted by Gasteiger charge is -2.34. The Balaban J connectivity index is 1.24. The molecule has 208 valence electrons. The molecule has 8 nitrogen and oxygen atoms in total. The number of nitrogens with one attached hydrogen (secondary N) is 2. The molecule has 2 aromatic heterocycles. The number of aromatic amines is 1. The van der Waals surface area contributed by atoms with Crippen LogP contribution in [0.5, 0.6) is 6.01 Å². The number of benzene rings is 2. The van der Waals surface area contributed by atoms with Crippen molar-refractivity contribution >= 4 is 27.6 Å². The van der Waals surface area contributed by atoms with Crippen molar-refractivity contribution in [2.24, 2.45) is 0 Å². The molecule has 0 radical (unpaired) electrons. The Morgan fingerprint density at radius 3 is 2.60 bits per heavy atom. The maximum atomic E-state index is 16.6. The van der Waals surface area contributed by atoms with Crippen LogP contribution in [0.4, 0.5) is 10.2 Å². The Bertz CT molecular complexity index is 1580. The molecule has 2 aromatic carbocycles. The number of hydrogen-bond donors (Lipinski definition) is 3. The standard InChI is InChI=1S/C31H35FN6O2/c32-27-22(24-14-33-25-5-1-4-19(17-39)26(24)25)8-9-23-28(27)35-30(40-18-31-10-2-12-38(31)13-3-11-31)36-29(23)37-15-20-6-7-21(16-37)34-20/h1,4-5,8-9,14,20-21,33-34,39H,2-3,6-7,10-13,15-18H2. The number of hydrogen-bond acceptors (Lipinski definition) is 7. The third-order valence-electron chi connectivity index (χ3n) is 9.82. The van der Waals surface area contributed by atoms with Gasteiger partial charge >= 0.3 is 6.01 Å². The number of aromatic nitrogens is 3. The lowest BCUT2D eigenvalue weighted by Crippen LogP contribution is -2.51. The van der Waals surface area contributed by atoms with Crippen LogP contribution in [-0.2, 0) is 6.61 Å². The quantitative estimate of drug-likeness (QED) is 0.334. The fourth-order valence-corrected chi connectivity index (χ4v) is 7.87. The van der Waals surface area contributed by atoms with Crippen molar-refractivity contribution in [3.8, 4) is 17.1 Å². The minimum Gasteiger partial charge on any atom is -0.461 e. The molecule has 4 aliphatic rings. The van der Waals surface area contributed by atoms with Crippen molar-refractivity contribution in [1.82, 2.24) is 25.2 Å². The number of halogens is 1. The van der Waals surface area contributed by atoms with E-state index in [-0.39, 0.29) is 29.5 Å². The lowest BCUT2D eigenvalue weighted by atomic mass is 9.95. The second kappa shape index (κ2) is 9.39. The van der Waals surface area contributed by atoms with Gasteiger partial charge in [0, 0.05) is 58.8 Å². The minimum absolute atomic E-state index is 0.0533. The molecule has 3 N–H and O–H groups in total. The van der Waals surface area contributed by atoms with E-state index in [0.29, 0.717) is 35.2 Å². The first kappa shape index (κ1) is 24.5. The van der Waals surface area contributed by atoms with Gasteiger partial charge in [0.15, 0.2) is 5.82 Å². The van der Waals surface area contributed by atoms with Crippen LogP contribution in [0, 0.1) is 5.82 Å². The largest absolute Gasteiger partial charge is 0.461 e. The maximum absolute atomic E-state index is 16.6. The Kier molecular flexibility index (Phi) is 5.76. The Hall–Kier alpha value is -3.27. The number of aliphatic hydroxyl groups excluding tert-OH is 1. The van der Waals surface area contributed by atoms with Crippen LogP contribution in [0.3, 0.4) is 0 Å². The smallest absolute Gasteiger partial charge is 0.319 e. The van der Waals surface area contributed by atoms with Gasteiger partial charge in [-0.2, -0.15) is 9.97 Å². The fourth-order valence-electron chi connectivity index (χ4n) is 7.87. The van der Waals surface area contributed by atoms with Crippen molar-refractivity contribution in [1.29, 1.82) is 0 Å². The lowest BCUT2D eigenvalue weighted by molar-refractivity contribution is 0.108. The van der Waals surface area contributed by atoms with Gasteiger partial charge < -0.3 is 25.0 Å². The normalized spacial score (nSPS) is 23.9. The van der Waals surface area contributed by atoms with Crippen molar-refractivity contribution in [2.45, 2.75) is 62.8 Å². The molecular weight excluding hydrogens is 507 g/mol. The van der Waals surface area contributed by atoms with E-state index in [2.05, 4.69) is 20.1 Å². The van der Waals surface area contributed by atoms with E-state index >= 15 is 4.39 Å². The van der Waals surface area contributed by atoms with Gasteiger partial charge in [-0.05, 0) is 69.3 Å². The van der Waals surface area contributed by atoms with Gasteiger partial charge in [0.05, 0.1) is 12.1 Å². The summed E-state index contributed by atoms with van der Waals surface area (Å²) in [6.07, 6.45) is 8.75. The van der Waals surface area contributed by atoms with Gasteiger partial charge in [0.25, 0.3) is 0 Å². The molecule has 0 amide bonds. The minimum atomic E-state index is -0.390. The van der Waals surface area contributed by atoms with Gasteiger partial charge in [-0.3, -0.25) is 4.90 Å². The van der Waals surface area contributed by atoms with Crippen LogP contribution in [0.25, 0.3) is 32.9 Å². The fraction of sp³-hybridized carbons (Fsp3) is 0.484. The third kappa shape index (κ3) is 3.82. The molecule has 2 atom stereocenters. The monoisotopic (exact) mass is 542 g/mol. The number of anilines is 1. The second-order valence-corrected chi connectivity index (χ2v) is 12.1. The van der Waals surface area contributed by atoms with E-state index in [0.717, 1.165) is 74.1 Å². The molecule has 4 fully saturated rings. The van der Waals surface area contributed by atoms with Crippen LogP contribution >= 0.6 is 0 Å². The molecule has 40 heavy (non-hydrogen) atoms. The number of rotatable bonds is 6. The molecular formula is C31H35FN6O2. The average Bonchev–Trinajstić information content (AvgIpc) is 3.75. The summed E-state index contributed by atoms with van der Waals surface area (Å²) in [5.41, 5.74) is 3.12. The molecule has 4 saturated heterocycles. The van der Waals surface area contributed by atoms with Gasteiger partial charge in [-0.1, -0.05) is 18.2 Å². The van der Waals surface area contributed by atoms with Crippen molar-refractivity contribution in [3.63, 3.8) is 0 Å². The molecule has 6 heterocycles. The van der Waals surface area contributed by atoms with Gasteiger partial charge in [0.2, 0.25) is 0 Å². The predicted octanol–water partition coefficient (Wildman–Crippen LogP) is 4.36. The highest BCUT2D eigenvalue weighted by Gasteiger charge is 2.45. The summed E-state index contributed by atoms with van der Waals surface area (Å²) in [6.45, 7) is 4.33. The van der Waals surface area contributed by atoms with Crippen LogP contribution in [0.2, 0.25) is 0 Å². The van der Waals surface area contributed by atoms with Crippen molar-refractivity contribution in [3.05, 3.63) is 47.9 Å². The SMILES string of the molecule is OCc1cccc2[nH]cc(-c3ccc4c(N5CC6CCC(C5)N6)nc(OCC56CCCN5CCC6)nc4c3F)c12. The summed E-state index contributed by atoms with van der Waals surface area (Å²) in [7, 11) is 0. The Morgan fingerprint density at radius 1 is 1.02 bits per heavy atom. The van der Waals surface area contributed by atoms with Gasteiger partial charge in [-0.25, -0.2) is 4.39 Å². The molecule has 0 saturated carbocycles. The molecule has 0 aliphatic carbocycles. The van der Waals surface area contributed by atoms with E-state index in [1.54, 1.807) is 0 Å². The highest BCUT2D eigenvalue weighted by Crippen LogP contribution is 2.41. The number of H-pyrrole nitrogens is 1. The summed E-state index contributed by atoms with van der Waals surface area (Å²) < 4.78 is 23.0. The average molecular weight is 543 g/mol. The summed E-state index contributed by atoms with van der Waals surface area (Å²) in [5.74, 6) is 0.366. The summed E-state index contributed by atoms with van der Waals surface area (Å²) in [6, 6.07) is 10.6. The van der Waals surface area contributed by atoms with Gasteiger partial charge in [-0.15, -0.1) is 0 Å². The van der Waals surface area contributed by atoms with Crippen LogP contribution < -0.4 is 15.0 Å². The third-order valence-corrected chi connectivity index (χ3v) is 9.82. The number of ether oxygens (including phenoxy) is 1. The van der Waals surface area contributed by atoms with E-state index in [4.69, 9.17) is 14.7 Å². The number of nitrogens with zero attached hydrogens (tertiary/aromatic N) is 4. The number of piperazine rings is 1. The number of fused-ring (bicyclic) bond motifs is 5. The first-order valence-corrected chi connectivity index (χ1v) is 14.7. The molecule has 8 rings (SSSR count). The zero-order valence-electron chi connectivity index (χ0n) is 22.6. The van der Waals surface area contributed by atoms with E-state index < -0.39 is 0 Å². The van der Waals surface area contributed by atoms with E-state index in [9.17, 15) is 5.11 Å². The van der Waals surface area contributed by atoms with E-state index in [1.165, 1.54) is 12.8 Å². The molecule has 4 aliphatic heterocycles. The highest BCUT2D eigenvalue weighted by molar-refractivity contribution is 6.01. The molecule has 2 bridgehead atoms. The molecule has 9 heteroatoms. The van der Waals surface area contributed by atoms with Gasteiger partial charge in [0.1, 0.15) is 17.9 Å². The van der Waals surface area contributed by atoms with E-state index in [1.807, 2.05) is 36.5 Å². The topological polar surface area (TPSA) is 89.5 Å². The van der Waals surface area contributed by atoms with Crippen molar-refractivity contribution < 1.29 is 14.2 Å². The predicted molar refractivity (Wildman–Crippen MR) is 153 cm³/mol. The zero-order chi connectivity index (χ0) is 26.8. The molecule has 4 aromatic rings. The first-order valence-electron chi connectivity index (χ1n) is 14.7. The summed E-state index contributed by atoms with van der Waals surface area (Å²) in [5, 5.41) is 15.2. The Labute approximate surface area is 232 Å². The first-order chi connectivity index (χ1) is 19.6. The summed E-state index contributed by atoms with van der Waals surface area (Å²) >= 11 is 0. The molecule has 0 spiro atoms. The maximum Gasteiger partial charge on any atom is 0.319 e. The molecule has 2 unspecified atom stereocenters. The highest BCUT2D eigenvalue weighted by atomic mass is 19.1. The number of aliphatic hydroxyl groups is 1. The summed E-state index contributed by atoms with van der Waals surface area (Å²) in [4.78, 5) is 17.8. The zero-order valence-corrected chi connectivity index (χ0v) is 22.6. The van der Waals surface area contributed by atoms with Crippen LogP contribution in [0.15, 0.2) is 36.5 Å².